The molecule has 1 fully saturated rings. The minimum atomic E-state index is -1.13. The van der Waals surface area contributed by atoms with Crippen molar-refractivity contribution in [2.75, 3.05) is 6.61 Å². The molecule has 4 rings (SSSR count). The molecule has 1 saturated heterocycles. The molecular formula is C23H20ClFN2O6. The molecule has 33 heavy (non-hydrogen) atoms. The van der Waals surface area contributed by atoms with Crippen molar-refractivity contribution >= 4 is 17.6 Å². The molecular weight excluding hydrogens is 455 g/mol. The van der Waals surface area contributed by atoms with Gasteiger partial charge in [0.2, 0.25) is 5.82 Å². The first-order valence-electron chi connectivity index (χ1n) is 10.2. The maximum atomic E-state index is 13.8. The van der Waals surface area contributed by atoms with Crippen LogP contribution in [0.4, 0.5) is 4.39 Å². The fourth-order valence-electron chi connectivity index (χ4n) is 3.48. The van der Waals surface area contributed by atoms with Crippen molar-refractivity contribution in [3.8, 4) is 0 Å². The normalized spacial score (nSPS) is 20.0. The summed E-state index contributed by atoms with van der Waals surface area (Å²) in [6.07, 6.45) is -1.63. The summed E-state index contributed by atoms with van der Waals surface area (Å²) >= 11 is 5.87. The van der Waals surface area contributed by atoms with Gasteiger partial charge in [0.05, 0.1) is 25.0 Å². The van der Waals surface area contributed by atoms with Crippen molar-refractivity contribution < 1.29 is 23.4 Å². The highest BCUT2D eigenvalue weighted by Gasteiger charge is 2.40. The second kappa shape index (κ2) is 10.1. The number of esters is 1. The van der Waals surface area contributed by atoms with Gasteiger partial charge in [-0.05, 0) is 29.8 Å². The predicted molar refractivity (Wildman–Crippen MR) is 117 cm³/mol. The van der Waals surface area contributed by atoms with Crippen LogP contribution in [-0.2, 0) is 20.8 Å². The largest absolute Gasteiger partial charge is 0.456 e. The lowest BCUT2D eigenvalue weighted by Crippen LogP contribution is -2.34. The summed E-state index contributed by atoms with van der Waals surface area (Å²) in [6, 6.07) is 15.6. The van der Waals surface area contributed by atoms with Gasteiger partial charge < -0.3 is 14.2 Å². The lowest BCUT2D eigenvalue weighted by Gasteiger charge is -2.19. The lowest BCUT2D eigenvalue weighted by atomic mass is 10.1. The SMILES string of the molecule is O=C(OC1C[C@@H](n2cc(F)c(=O)[nH]c2=O)O[C@H]1COCc1ccccc1)c1ccc(Cl)cc1. The second-order valence-corrected chi connectivity index (χ2v) is 7.90. The van der Waals surface area contributed by atoms with E-state index in [1.54, 1.807) is 12.1 Å². The molecule has 8 nitrogen and oxygen atoms in total. The summed E-state index contributed by atoms with van der Waals surface area (Å²) in [7, 11) is 0. The molecule has 1 aliphatic rings. The lowest BCUT2D eigenvalue weighted by molar-refractivity contribution is -0.0712. The van der Waals surface area contributed by atoms with E-state index >= 15 is 0 Å². The van der Waals surface area contributed by atoms with Crippen LogP contribution in [0.25, 0.3) is 0 Å². The van der Waals surface area contributed by atoms with Crippen LogP contribution in [0.5, 0.6) is 0 Å². The molecule has 2 heterocycles. The molecule has 0 radical (unpaired) electrons. The van der Waals surface area contributed by atoms with Crippen molar-refractivity contribution in [1.82, 2.24) is 9.55 Å². The van der Waals surface area contributed by atoms with E-state index in [2.05, 4.69) is 0 Å². The van der Waals surface area contributed by atoms with Gasteiger partial charge in [-0.25, -0.2) is 9.59 Å². The number of ether oxygens (including phenoxy) is 3. The van der Waals surface area contributed by atoms with Crippen LogP contribution < -0.4 is 11.2 Å². The van der Waals surface area contributed by atoms with Crippen LogP contribution in [0.3, 0.4) is 0 Å². The summed E-state index contributed by atoms with van der Waals surface area (Å²) < 4.78 is 32.0. The Balaban J connectivity index is 1.50. The highest BCUT2D eigenvalue weighted by atomic mass is 35.5. The van der Waals surface area contributed by atoms with Crippen molar-refractivity contribution in [2.45, 2.75) is 31.5 Å². The maximum absolute atomic E-state index is 13.8. The first-order valence-corrected chi connectivity index (χ1v) is 10.5. The van der Waals surface area contributed by atoms with E-state index in [1.165, 1.54) is 12.1 Å². The molecule has 0 amide bonds. The van der Waals surface area contributed by atoms with Gasteiger partial charge in [0.1, 0.15) is 18.4 Å². The van der Waals surface area contributed by atoms with Crippen molar-refractivity contribution in [2.24, 2.45) is 0 Å². The fraction of sp³-hybridized carbons (Fsp3) is 0.261. The zero-order valence-electron chi connectivity index (χ0n) is 17.3. The number of nitrogens with one attached hydrogen (secondary N) is 1. The summed E-state index contributed by atoms with van der Waals surface area (Å²) in [4.78, 5) is 38.1. The van der Waals surface area contributed by atoms with E-state index in [9.17, 15) is 18.8 Å². The third kappa shape index (κ3) is 5.57. The van der Waals surface area contributed by atoms with E-state index in [4.69, 9.17) is 25.8 Å². The number of hydrogen-bond acceptors (Lipinski definition) is 6. The summed E-state index contributed by atoms with van der Waals surface area (Å²) in [5.74, 6) is -1.73. The molecule has 1 aromatic heterocycles. The second-order valence-electron chi connectivity index (χ2n) is 7.46. The maximum Gasteiger partial charge on any atom is 0.338 e. The highest BCUT2D eigenvalue weighted by molar-refractivity contribution is 6.30. The molecule has 1 N–H and O–H groups in total. The van der Waals surface area contributed by atoms with Crippen molar-refractivity contribution in [3.63, 3.8) is 0 Å². The Morgan fingerprint density at radius 3 is 2.61 bits per heavy atom. The van der Waals surface area contributed by atoms with Gasteiger partial charge in [-0.2, -0.15) is 4.39 Å². The number of nitrogens with zero attached hydrogens (tertiary/aromatic N) is 1. The average molecular weight is 475 g/mol. The number of halogens is 2. The number of H-pyrrole nitrogens is 1. The molecule has 1 aliphatic heterocycles. The summed E-state index contributed by atoms with van der Waals surface area (Å²) in [6.45, 7) is 0.362. The molecule has 0 aliphatic carbocycles. The fourth-order valence-corrected chi connectivity index (χ4v) is 3.60. The first kappa shape index (κ1) is 22.9. The first-order chi connectivity index (χ1) is 15.9. The Labute approximate surface area is 192 Å². The molecule has 10 heteroatoms. The third-order valence-electron chi connectivity index (χ3n) is 5.15. The van der Waals surface area contributed by atoms with Crippen LogP contribution >= 0.6 is 11.6 Å². The Bertz CT molecular complexity index is 1230. The van der Waals surface area contributed by atoms with E-state index < -0.39 is 41.5 Å². The number of hydrogen-bond donors (Lipinski definition) is 1. The number of carbonyl (C=O) groups excluding carboxylic acids is 1. The van der Waals surface area contributed by atoms with Gasteiger partial charge in [-0.1, -0.05) is 41.9 Å². The quantitative estimate of drug-likeness (QED) is 0.528. The molecule has 0 saturated carbocycles. The Kier molecular flexibility index (Phi) is 7.02. The van der Waals surface area contributed by atoms with E-state index in [0.717, 1.165) is 16.3 Å². The van der Waals surface area contributed by atoms with Crippen molar-refractivity contribution in [3.05, 3.63) is 104 Å². The predicted octanol–water partition coefficient (Wildman–Crippen LogP) is 3.06. The van der Waals surface area contributed by atoms with E-state index in [0.29, 0.717) is 17.2 Å². The summed E-state index contributed by atoms with van der Waals surface area (Å²) in [5.41, 5.74) is -0.720. The Hall–Kier alpha value is -3.27. The standard InChI is InChI=1S/C23H20ClFN2O6/c24-16-8-6-15(7-9-16)22(29)33-18-10-20(27-11-17(25)21(28)26-23(27)30)32-19(18)13-31-12-14-4-2-1-3-5-14/h1-9,11,18-20H,10,12-13H2,(H,26,28,30)/t18?,19-,20-/m0/s1. The summed E-state index contributed by atoms with van der Waals surface area (Å²) in [5, 5.41) is 0.475. The monoisotopic (exact) mass is 474 g/mol. The number of benzene rings is 2. The van der Waals surface area contributed by atoms with Gasteiger partial charge in [0.25, 0.3) is 5.56 Å². The van der Waals surface area contributed by atoms with Crippen LogP contribution in [0.15, 0.2) is 70.4 Å². The van der Waals surface area contributed by atoms with Crippen molar-refractivity contribution in [1.29, 1.82) is 0 Å². The molecule has 172 valence electrons. The third-order valence-corrected chi connectivity index (χ3v) is 5.40. The van der Waals surface area contributed by atoms with Gasteiger partial charge in [-0.15, -0.1) is 0 Å². The molecule has 0 spiro atoms. The van der Waals surface area contributed by atoms with Crippen LogP contribution in [0.2, 0.25) is 5.02 Å². The molecule has 3 atom stereocenters. The van der Waals surface area contributed by atoms with E-state index in [-0.39, 0.29) is 13.0 Å². The number of aromatic amines is 1. The number of aromatic nitrogens is 2. The minimum absolute atomic E-state index is 0.0596. The molecule has 0 bridgehead atoms. The smallest absolute Gasteiger partial charge is 0.338 e. The molecule has 3 aromatic rings. The topological polar surface area (TPSA) is 99.6 Å². The zero-order chi connectivity index (χ0) is 23.4. The van der Waals surface area contributed by atoms with Gasteiger partial charge in [0.15, 0.2) is 0 Å². The van der Waals surface area contributed by atoms with E-state index in [1.807, 2.05) is 35.3 Å². The highest BCUT2D eigenvalue weighted by Crippen LogP contribution is 2.31. The van der Waals surface area contributed by atoms with Gasteiger partial charge in [0, 0.05) is 11.4 Å². The van der Waals surface area contributed by atoms with Gasteiger partial charge >= 0.3 is 11.7 Å². The number of carbonyl (C=O) groups is 1. The van der Waals surface area contributed by atoms with Crippen LogP contribution in [0, 0.1) is 5.82 Å². The molecule has 2 aromatic carbocycles. The minimum Gasteiger partial charge on any atom is -0.456 e. The van der Waals surface area contributed by atoms with Crippen LogP contribution in [0.1, 0.15) is 28.6 Å². The average Bonchev–Trinajstić information content (AvgIpc) is 3.19. The zero-order valence-corrected chi connectivity index (χ0v) is 18.0. The Morgan fingerprint density at radius 2 is 1.88 bits per heavy atom. The van der Waals surface area contributed by atoms with Gasteiger partial charge in [-0.3, -0.25) is 14.3 Å². The number of rotatable bonds is 7. The molecule has 1 unspecified atom stereocenters. The Morgan fingerprint density at radius 1 is 1.15 bits per heavy atom. The van der Waals surface area contributed by atoms with Crippen LogP contribution in [-0.4, -0.2) is 34.3 Å².